The van der Waals surface area contributed by atoms with Gasteiger partial charge in [-0.1, -0.05) is 18.2 Å². The van der Waals surface area contributed by atoms with Crippen LogP contribution < -0.4 is 5.73 Å². The Morgan fingerprint density at radius 2 is 1.94 bits per heavy atom. The summed E-state index contributed by atoms with van der Waals surface area (Å²) in [4.78, 5) is 0. The lowest BCUT2D eigenvalue weighted by atomic mass is 10.2. The van der Waals surface area contributed by atoms with E-state index in [4.69, 9.17) is 5.73 Å². The summed E-state index contributed by atoms with van der Waals surface area (Å²) in [6, 6.07) is 9.48. The van der Waals surface area contributed by atoms with E-state index in [-0.39, 0.29) is 11.5 Å². The average Bonchev–Trinajstić information content (AvgIpc) is 2.67. The number of fused-ring (bicyclic) bond motifs is 1. The first-order chi connectivity index (χ1) is 8.57. The van der Waals surface area contributed by atoms with Gasteiger partial charge in [-0.2, -0.15) is 5.10 Å². The molecule has 0 amide bonds. The largest absolute Gasteiger partial charge is 0.383 e. The second-order valence-electron chi connectivity index (χ2n) is 4.40. The molecular formula is C12H13N3O2S. The van der Waals surface area contributed by atoms with Crippen LogP contribution in [0.4, 0.5) is 5.82 Å². The number of sulfone groups is 1. The van der Waals surface area contributed by atoms with E-state index in [9.17, 15) is 8.42 Å². The molecule has 0 unspecified atom stereocenters. The molecule has 0 atom stereocenters. The molecule has 18 heavy (non-hydrogen) atoms. The highest BCUT2D eigenvalue weighted by Gasteiger charge is 2.27. The number of rotatable bonds is 1. The minimum atomic E-state index is -3.02. The Hall–Kier alpha value is -1.82. The molecule has 0 radical (unpaired) electrons. The Morgan fingerprint density at radius 1 is 1.22 bits per heavy atom. The highest BCUT2D eigenvalue weighted by molar-refractivity contribution is 7.90. The highest BCUT2D eigenvalue weighted by atomic mass is 32.2. The SMILES string of the molecule is Nc1c2c(nn1-c1ccccc1)CCS(=O)(=O)C2. The maximum absolute atomic E-state index is 11.6. The minimum Gasteiger partial charge on any atom is -0.383 e. The second-order valence-corrected chi connectivity index (χ2v) is 6.58. The highest BCUT2D eigenvalue weighted by Crippen LogP contribution is 2.27. The summed E-state index contributed by atoms with van der Waals surface area (Å²) in [5.41, 5.74) is 8.32. The maximum atomic E-state index is 11.6. The molecule has 0 aliphatic carbocycles. The van der Waals surface area contributed by atoms with Gasteiger partial charge in [-0.05, 0) is 12.1 Å². The molecule has 2 heterocycles. The standard InChI is InChI=1S/C12H13N3O2S/c13-12-10-8-18(16,17)7-6-11(10)14-15(12)9-4-2-1-3-5-9/h1-5H,6-8,13H2. The van der Waals surface area contributed by atoms with E-state index in [0.29, 0.717) is 17.8 Å². The molecule has 1 aliphatic rings. The summed E-state index contributed by atoms with van der Waals surface area (Å²) in [5, 5.41) is 4.41. The molecule has 5 nitrogen and oxygen atoms in total. The van der Waals surface area contributed by atoms with Crippen LogP contribution in [0.2, 0.25) is 0 Å². The first-order valence-electron chi connectivity index (χ1n) is 5.69. The van der Waals surface area contributed by atoms with E-state index in [1.165, 1.54) is 0 Å². The smallest absolute Gasteiger partial charge is 0.155 e. The summed E-state index contributed by atoms with van der Waals surface area (Å²) >= 11 is 0. The van der Waals surface area contributed by atoms with E-state index in [0.717, 1.165) is 11.4 Å². The van der Waals surface area contributed by atoms with Crippen LogP contribution in [0.1, 0.15) is 11.3 Å². The molecular weight excluding hydrogens is 250 g/mol. The van der Waals surface area contributed by atoms with Gasteiger partial charge in [-0.25, -0.2) is 13.1 Å². The predicted octanol–water partition coefficient (Wildman–Crippen LogP) is 0.925. The van der Waals surface area contributed by atoms with Gasteiger partial charge in [-0.15, -0.1) is 0 Å². The van der Waals surface area contributed by atoms with Crippen LogP contribution in [0.3, 0.4) is 0 Å². The van der Waals surface area contributed by atoms with Gasteiger partial charge >= 0.3 is 0 Å². The van der Waals surface area contributed by atoms with Gasteiger partial charge in [0.1, 0.15) is 5.82 Å². The Labute approximate surface area is 105 Å². The van der Waals surface area contributed by atoms with Crippen LogP contribution in [0.15, 0.2) is 30.3 Å². The van der Waals surface area contributed by atoms with Crippen LogP contribution in [0.25, 0.3) is 5.69 Å². The van der Waals surface area contributed by atoms with Gasteiger partial charge in [0, 0.05) is 12.0 Å². The number of nitrogen functional groups attached to an aromatic ring is 1. The number of aromatic nitrogens is 2. The van der Waals surface area contributed by atoms with Crippen molar-refractivity contribution in [2.24, 2.45) is 0 Å². The summed E-state index contributed by atoms with van der Waals surface area (Å²) < 4.78 is 24.9. The lowest BCUT2D eigenvalue weighted by molar-refractivity contribution is 0.591. The van der Waals surface area contributed by atoms with Crippen LogP contribution in [-0.4, -0.2) is 24.0 Å². The third-order valence-electron chi connectivity index (χ3n) is 3.12. The van der Waals surface area contributed by atoms with Crippen molar-refractivity contribution in [3.05, 3.63) is 41.6 Å². The molecule has 1 aromatic carbocycles. The zero-order valence-electron chi connectivity index (χ0n) is 9.70. The molecule has 0 saturated heterocycles. The van der Waals surface area contributed by atoms with Crippen molar-refractivity contribution >= 4 is 15.7 Å². The third kappa shape index (κ3) is 1.78. The second kappa shape index (κ2) is 3.84. The van der Waals surface area contributed by atoms with Crippen molar-refractivity contribution < 1.29 is 8.42 Å². The summed E-state index contributed by atoms with van der Waals surface area (Å²) in [5.74, 6) is 0.589. The first-order valence-corrected chi connectivity index (χ1v) is 7.51. The fourth-order valence-corrected chi connectivity index (χ4v) is 3.58. The Bertz CT molecular complexity index is 690. The van der Waals surface area contributed by atoms with Gasteiger partial charge in [0.15, 0.2) is 9.84 Å². The number of para-hydroxylation sites is 1. The van der Waals surface area contributed by atoms with Crippen molar-refractivity contribution in [2.75, 3.05) is 11.5 Å². The lowest BCUT2D eigenvalue weighted by Crippen LogP contribution is -2.18. The van der Waals surface area contributed by atoms with E-state index >= 15 is 0 Å². The number of aryl methyl sites for hydroxylation is 1. The summed E-state index contributed by atoms with van der Waals surface area (Å²) in [7, 11) is -3.02. The van der Waals surface area contributed by atoms with Crippen LogP contribution in [-0.2, 0) is 22.0 Å². The van der Waals surface area contributed by atoms with E-state index in [1.54, 1.807) is 4.68 Å². The normalized spacial score (nSPS) is 17.3. The number of anilines is 1. The van der Waals surface area contributed by atoms with Crippen LogP contribution in [0.5, 0.6) is 0 Å². The Morgan fingerprint density at radius 3 is 2.67 bits per heavy atom. The molecule has 2 aromatic rings. The number of hydrogen-bond acceptors (Lipinski definition) is 4. The first kappa shape index (κ1) is 11.3. The fourth-order valence-electron chi connectivity index (χ4n) is 2.18. The molecule has 3 rings (SSSR count). The average molecular weight is 263 g/mol. The van der Waals surface area contributed by atoms with E-state index < -0.39 is 9.84 Å². The molecule has 2 N–H and O–H groups in total. The maximum Gasteiger partial charge on any atom is 0.155 e. The summed E-state index contributed by atoms with van der Waals surface area (Å²) in [6.45, 7) is 0. The lowest BCUT2D eigenvalue weighted by Gasteiger charge is -2.10. The van der Waals surface area contributed by atoms with Crippen LogP contribution in [0, 0.1) is 0 Å². The van der Waals surface area contributed by atoms with Gasteiger partial charge in [0.05, 0.1) is 22.9 Å². The van der Waals surface area contributed by atoms with Gasteiger partial charge in [-0.3, -0.25) is 0 Å². The topological polar surface area (TPSA) is 78.0 Å². The zero-order valence-corrected chi connectivity index (χ0v) is 10.5. The molecule has 6 heteroatoms. The van der Waals surface area contributed by atoms with E-state index in [2.05, 4.69) is 5.10 Å². The number of hydrogen-bond donors (Lipinski definition) is 1. The fraction of sp³-hybridized carbons (Fsp3) is 0.250. The Kier molecular flexibility index (Phi) is 2.41. The molecule has 0 bridgehead atoms. The summed E-state index contributed by atoms with van der Waals surface area (Å²) in [6.07, 6.45) is 0.446. The molecule has 0 fully saturated rings. The number of benzene rings is 1. The van der Waals surface area contributed by atoms with E-state index in [1.807, 2.05) is 30.3 Å². The van der Waals surface area contributed by atoms with Gasteiger partial charge < -0.3 is 5.73 Å². The van der Waals surface area contributed by atoms with Crippen molar-refractivity contribution in [2.45, 2.75) is 12.2 Å². The molecule has 1 aromatic heterocycles. The Balaban J connectivity index is 2.13. The van der Waals surface area contributed by atoms with Gasteiger partial charge in [0.25, 0.3) is 0 Å². The van der Waals surface area contributed by atoms with Crippen molar-refractivity contribution in [3.8, 4) is 5.69 Å². The molecule has 94 valence electrons. The minimum absolute atomic E-state index is 0.000992. The third-order valence-corrected chi connectivity index (χ3v) is 4.68. The van der Waals surface area contributed by atoms with Crippen molar-refractivity contribution in [1.82, 2.24) is 9.78 Å². The molecule has 0 spiro atoms. The monoisotopic (exact) mass is 263 g/mol. The quantitative estimate of drug-likeness (QED) is 0.830. The molecule has 0 saturated carbocycles. The van der Waals surface area contributed by atoms with Crippen molar-refractivity contribution in [1.29, 1.82) is 0 Å². The molecule has 1 aliphatic heterocycles. The number of nitrogens with zero attached hydrogens (tertiary/aromatic N) is 2. The van der Waals surface area contributed by atoms with Crippen LogP contribution >= 0.6 is 0 Å². The van der Waals surface area contributed by atoms with Gasteiger partial charge in [0.2, 0.25) is 0 Å². The predicted molar refractivity (Wildman–Crippen MR) is 69.2 cm³/mol. The van der Waals surface area contributed by atoms with Crippen molar-refractivity contribution in [3.63, 3.8) is 0 Å². The zero-order chi connectivity index (χ0) is 12.8. The number of nitrogens with two attached hydrogens (primary N) is 1.